The van der Waals surface area contributed by atoms with Crippen LogP contribution in [-0.2, 0) is 0 Å². The lowest BCUT2D eigenvalue weighted by molar-refractivity contribution is 0.413. The molecule has 0 amide bonds. The van der Waals surface area contributed by atoms with E-state index in [1.807, 2.05) is 18.2 Å². The van der Waals surface area contributed by atoms with Gasteiger partial charge in [-0.05, 0) is 36.4 Å². The van der Waals surface area contributed by atoms with Crippen molar-refractivity contribution in [2.45, 2.75) is 0 Å². The lowest BCUT2D eigenvalue weighted by atomic mass is 10.1. The SMILES string of the molecule is COc1cc(F)ccc1Nc1ccc(N)c2ncccc12. The predicted octanol–water partition coefficient (Wildman–Crippen LogP) is 3.71. The summed E-state index contributed by atoms with van der Waals surface area (Å²) in [6, 6.07) is 11.8. The fourth-order valence-corrected chi connectivity index (χ4v) is 2.22. The zero-order valence-corrected chi connectivity index (χ0v) is 11.4. The van der Waals surface area contributed by atoms with Gasteiger partial charge in [0.15, 0.2) is 0 Å². The van der Waals surface area contributed by atoms with Crippen LogP contribution in [0, 0.1) is 5.82 Å². The fourth-order valence-electron chi connectivity index (χ4n) is 2.22. The summed E-state index contributed by atoms with van der Waals surface area (Å²) in [6.07, 6.45) is 1.70. The second-order valence-corrected chi connectivity index (χ2v) is 4.57. The molecule has 0 saturated heterocycles. The molecule has 106 valence electrons. The molecule has 0 atom stereocenters. The van der Waals surface area contributed by atoms with Crippen LogP contribution in [0.4, 0.5) is 21.5 Å². The highest BCUT2D eigenvalue weighted by Gasteiger charge is 2.09. The van der Waals surface area contributed by atoms with Gasteiger partial charge in [-0.3, -0.25) is 4.98 Å². The van der Waals surface area contributed by atoms with Crippen molar-refractivity contribution in [1.82, 2.24) is 4.98 Å². The molecule has 0 bridgehead atoms. The summed E-state index contributed by atoms with van der Waals surface area (Å²) in [6.45, 7) is 0. The third kappa shape index (κ3) is 2.45. The molecule has 0 aliphatic heterocycles. The Morgan fingerprint density at radius 1 is 1.14 bits per heavy atom. The monoisotopic (exact) mass is 283 g/mol. The van der Waals surface area contributed by atoms with Crippen LogP contribution < -0.4 is 15.8 Å². The van der Waals surface area contributed by atoms with Crippen LogP contribution in [0.25, 0.3) is 10.9 Å². The molecule has 2 aromatic carbocycles. The number of nitrogens with zero attached hydrogens (tertiary/aromatic N) is 1. The van der Waals surface area contributed by atoms with Crippen LogP contribution >= 0.6 is 0 Å². The Morgan fingerprint density at radius 3 is 2.76 bits per heavy atom. The minimum absolute atomic E-state index is 0.346. The first-order chi connectivity index (χ1) is 10.2. The summed E-state index contributed by atoms with van der Waals surface area (Å²) in [5.41, 5.74) is 8.77. The number of hydrogen-bond donors (Lipinski definition) is 2. The van der Waals surface area contributed by atoms with E-state index in [-0.39, 0.29) is 5.82 Å². The van der Waals surface area contributed by atoms with E-state index in [9.17, 15) is 4.39 Å². The largest absolute Gasteiger partial charge is 0.494 e. The zero-order chi connectivity index (χ0) is 14.8. The number of aromatic nitrogens is 1. The maximum absolute atomic E-state index is 13.2. The van der Waals surface area contributed by atoms with E-state index in [0.717, 1.165) is 16.6 Å². The first-order valence-electron chi connectivity index (χ1n) is 6.43. The van der Waals surface area contributed by atoms with Crippen molar-refractivity contribution in [3.05, 3.63) is 54.5 Å². The molecular weight excluding hydrogens is 269 g/mol. The molecule has 0 fully saturated rings. The molecule has 0 radical (unpaired) electrons. The fraction of sp³-hybridized carbons (Fsp3) is 0.0625. The number of fused-ring (bicyclic) bond motifs is 1. The predicted molar refractivity (Wildman–Crippen MR) is 82.4 cm³/mol. The highest BCUT2D eigenvalue weighted by atomic mass is 19.1. The number of rotatable bonds is 3. The van der Waals surface area contributed by atoms with Gasteiger partial charge in [0.1, 0.15) is 11.6 Å². The van der Waals surface area contributed by atoms with Gasteiger partial charge in [0.2, 0.25) is 0 Å². The number of anilines is 3. The van der Waals surface area contributed by atoms with E-state index in [2.05, 4.69) is 10.3 Å². The average molecular weight is 283 g/mol. The summed E-state index contributed by atoms with van der Waals surface area (Å²) in [4.78, 5) is 4.28. The summed E-state index contributed by atoms with van der Waals surface area (Å²) >= 11 is 0. The van der Waals surface area contributed by atoms with Crippen molar-refractivity contribution < 1.29 is 9.13 Å². The van der Waals surface area contributed by atoms with Crippen molar-refractivity contribution in [3.8, 4) is 5.75 Å². The maximum Gasteiger partial charge on any atom is 0.145 e. The number of nitrogen functional groups attached to an aromatic ring is 1. The molecule has 0 saturated carbocycles. The smallest absolute Gasteiger partial charge is 0.145 e. The highest BCUT2D eigenvalue weighted by molar-refractivity contribution is 5.99. The van der Waals surface area contributed by atoms with Gasteiger partial charge in [0.05, 0.1) is 24.0 Å². The van der Waals surface area contributed by atoms with Crippen LogP contribution in [0.15, 0.2) is 48.7 Å². The van der Waals surface area contributed by atoms with Gasteiger partial charge in [-0.1, -0.05) is 0 Å². The highest BCUT2D eigenvalue weighted by Crippen LogP contribution is 2.33. The first-order valence-corrected chi connectivity index (χ1v) is 6.43. The van der Waals surface area contributed by atoms with Gasteiger partial charge < -0.3 is 15.8 Å². The standard InChI is InChI=1S/C16H14FN3O/c1-21-15-9-10(17)4-6-14(15)20-13-7-5-12(18)16-11(13)3-2-8-19-16/h2-9,20H,18H2,1H3. The molecule has 3 rings (SSSR count). The molecule has 0 spiro atoms. The van der Waals surface area contributed by atoms with Crippen molar-refractivity contribution in [2.24, 2.45) is 0 Å². The number of nitrogens with two attached hydrogens (primary N) is 1. The Kier molecular flexibility index (Phi) is 3.31. The van der Waals surface area contributed by atoms with Gasteiger partial charge >= 0.3 is 0 Å². The van der Waals surface area contributed by atoms with Gasteiger partial charge in [0, 0.05) is 23.3 Å². The Labute approximate surface area is 121 Å². The van der Waals surface area contributed by atoms with Crippen molar-refractivity contribution in [1.29, 1.82) is 0 Å². The van der Waals surface area contributed by atoms with E-state index >= 15 is 0 Å². The molecule has 0 unspecified atom stereocenters. The lowest BCUT2D eigenvalue weighted by Crippen LogP contribution is -1.98. The normalized spacial score (nSPS) is 10.6. The van der Waals surface area contributed by atoms with E-state index in [1.54, 1.807) is 18.3 Å². The quantitative estimate of drug-likeness (QED) is 0.719. The maximum atomic E-state index is 13.2. The van der Waals surface area contributed by atoms with Crippen molar-refractivity contribution >= 4 is 28.0 Å². The van der Waals surface area contributed by atoms with E-state index in [0.29, 0.717) is 17.1 Å². The van der Waals surface area contributed by atoms with Crippen molar-refractivity contribution in [3.63, 3.8) is 0 Å². The topological polar surface area (TPSA) is 60.2 Å². The van der Waals surface area contributed by atoms with Crippen LogP contribution in [-0.4, -0.2) is 12.1 Å². The van der Waals surface area contributed by atoms with Gasteiger partial charge in [-0.2, -0.15) is 0 Å². The molecule has 21 heavy (non-hydrogen) atoms. The van der Waals surface area contributed by atoms with E-state index < -0.39 is 0 Å². The average Bonchev–Trinajstić information content (AvgIpc) is 2.52. The first kappa shape index (κ1) is 13.2. The van der Waals surface area contributed by atoms with Gasteiger partial charge in [-0.25, -0.2) is 4.39 Å². The second kappa shape index (κ2) is 5.28. The Balaban J connectivity index is 2.09. The number of benzene rings is 2. The number of nitrogens with one attached hydrogen (secondary N) is 1. The van der Waals surface area contributed by atoms with Gasteiger partial charge in [-0.15, -0.1) is 0 Å². The van der Waals surface area contributed by atoms with E-state index in [1.165, 1.54) is 19.2 Å². The molecule has 1 aromatic heterocycles. The number of pyridine rings is 1. The van der Waals surface area contributed by atoms with Gasteiger partial charge in [0.25, 0.3) is 0 Å². The third-order valence-electron chi connectivity index (χ3n) is 3.23. The molecule has 5 heteroatoms. The molecule has 1 heterocycles. The molecule has 0 aliphatic carbocycles. The number of methoxy groups -OCH3 is 1. The summed E-state index contributed by atoms with van der Waals surface area (Å²) < 4.78 is 18.4. The molecule has 3 aromatic rings. The van der Waals surface area contributed by atoms with Crippen molar-refractivity contribution in [2.75, 3.05) is 18.2 Å². The summed E-state index contributed by atoms with van der Waals surface area (Å²) in [7, 11) is 1.50. The van der Waals surface area contributed by atoms with E-state index in [4.69, 9.17) is 10.5 Å². The number of hydrogen-bond acceptors (Lipinski definition) is 4. The molecule has 3 N–H and O–H groups in total. The van der Waals surface area contributed by atoms with Crippen LogP contribution in [0.5, 0.6) is 5.75 Å². The Bertz CT molecular complexity index is 805. The van der Waals surface area contributed by atoms with Crippen LogP contribution in [0.3, 0.4) is 0 Å². The number of halogens is 1. The van der Waals surface area contributed by atoms with Crippen LogP contribution in [0.1, 0.15) is 0 Å². The molecular formula is C16H14FN3O. The minimum atomic E-state index is -0.346. The molecule has 0 aliphatic rings. The van der Waals surface area contributed by atoms with Crippen LogP contribution in [0.2, 0.25) is 0 Å². The second-order valence-electron chi connectivity index (χ2n) is 4.57. The lowest BCUT2D eigenvalue weighted by Gasteiger charge is -2.13. The zero-order valence-electron chi connectivity index (χ0n) is 11.4. The summed E-state index contributed by atoms with van der Waals surface area (Å²) in [5.74, 6) is 0.0881. The molecule has 4 nitrogen and oxygen atoms in total. The number of ether oxygens (including phenoxy) is 1. The Hall–Kier alpha value is -2.82. The minimum Gasteiger partial charge on any atom is -0.494 e. The Morgan fingerprint density at radius 2 is 1.95 bits per heavy atom. The summed E-state index contributed by atoms with van der Waals surface area (Å²) in [5, 5.41) is 4.13. The third-order valence-corrected chi connectivity index (χ3v) is 3.23.